The van der Waals surface area contributed by atoms with Crippen LogP contribution in [0.25, 0.3) is 0 Å². The fourth-order valence-electron chi connectivity index (χ4n) is 3.05. The van der Waals surface area contributed by atoms with Crippen LogP contribution in [0.5, 0.6) is 0 Å². The van der Waals surface area contributed by atoms with Crippen molar-refractivity contribution in [1.82, 2.24) is 0 Å². The summed E-state index contributed by atoms with van der Waals surface area (Å²) in [6.07, 6.45) is 6.31. The van der Waals surface area contributed by atoms with Crippen LogP contribution in [0.3, 0.4) is 0 Å². The molecule has 18 heavy (non-hydrogen) atoms. The van der Waals surface area contributed by atoms with Crippen LogP contribution in [0.15, 0.2) is 12.1 Å². The van der Waals surface area contributed by atoms with Crippen molar-refractivity contribution in [2.24, 2.45) is 5.73 Å². The first-order valence-electron chi connectivity index (χ1n) is 6.81. The van der Waals surface area contributed by atoms with Gasteiger partial charge in [-0.05, 0) is 36.5 Å². The molecule has 2 rings (SSSR count). The van der Waals surface area contributed by atoms with Crippen LogP contribution in [0.4, 0.5) is 4.39 Å². The quantitative estimate of drug-likeness (QED) is 0.874. The van der Waals surface area contributed by atoms with Gasteiger partial charge in [-0.3, -0.25) is 0 Å². The van der Waals surface area contributed by atoms with E-state index in [1.165, 1.54) is 6.42 Å². The smallest absolute Gasteiger partial charge is 0.145 e. The summed E-state index contributed by atoms with van der Waals surface area (Å²) in [5.74, 6) is -0.263. The van der Waals surface area contributed by atoms with Gasteiger partial charge < -0.3 is 5.73 Å². The van der Waals surface area contributed by atoms with E-state index in [-0.39, 0.29) is 16.3 Å². The lowest BCUT2D eigenvalue weighted by Crippen LogP contribution is -2.38. The summed E-state index contributed by atoms with van der Waals surface area (Å²) in [7, 11) is 0. The molecule has 0 unspecified atom stereocenters. The molecule has 0 radical (unpaired) electrons. The van der Waals surface area contributed by atoms with Crippen molar-refractivity contribution in [3.05, 3.63) is 34.1 Å². The van der Waals surface area contributed by atoms with E-state index < -0.39 is 0 Å². The highest BCUT2D eigenvalue weighted by Crippen LogP contribution is 2.41. The van der Waals surface area contributed by atoms with E-state index in [1.807, 2.05) is 6.07 Å². The number of hydrogen-bond acceptors (Lipinski definition) is 1. The van der Waals surface area contributed by atoms with Crippen LogP contribution >= 0.6 is 11.6 Å². The average Bonchev–Trinajstić information content (AvgIpc) is 2.42. The molecule has 1 aliphatic rings. The fourth-order valence-corrected chi connectivity index (χ4v) is 3.29. The van der Waals surface area contributed by atoms with Gasteiger partial charge in [-0.2, -0.15) is 0 Å². The predicted molar refractivity (Wildman–Crippen MR) is 74.6 cm³/mol. The third-order valence-electron chi connectivity index (χ3n) is 4.27. The first kappa shape index (κ1) is 13.8. The van der Waals surface area contributed by atoms with Crippen LogP contribution in [-0.2, 0) is 11.8 Å². The third-order valence-corrected chi connectivity index (χ3v) is 4.54. The highest BCUT2D eigenvalue weighted by molar-refractivity contribution is 6.30. The summed E-state index contributed by atoms with van der Waals surface area (Å²) >= 11 is 6.02. The molecule has 3 heteroatoms. The molecular weight excluding hydrogens is 249 g/mol. The first-order chi connectivity index (χ1) is 8.63. The first-order valence-corrected chi connectivity index (χ1v) is 7.19. The van der Waals surface area contributed by atoms with Crippen LogP contribution in [0, 0.1) is 5.82 Å². The molecular formula is C15H21ClFN. The van der Waals surface area contributed by atoms with E-state index in [1.54, 1.807) is 6.07 Å². The summed E-state index contributed by atoms with van der Waals surface area (Å²) in [5.41, 5.74) is 7.61. The molecule has 0 saturated heterocycles. The lowest BCUT2D eigenvalue weighted by molar-refractivity contribution is 0.291. The van der Waals surface area contributed by atoms with Crippen LogP contribution < -0.4 is 5.73 Å². The Kier molecular flexibility index (Phi) is 4.29. The zero-order chi connectivity index (χ0) is 13.2. The van der Waals surface area contributed by atoms with Crippen molar-refractivity contribution in [3.8, 4) is 0 Å². The maximum absolute atomic E-state index is 14.3. The molecule has 0 spiro atoms. The number of aryl methyl sites for hydroxylation is 1. The lowest BCUT2D eigenvalue weighted by atomic mass is 9.69. The fraction of sp³-hybridized carbons (Fsp3) is 0.600. The van der Waals surface area contributed by atoms with Gasteiger partial charge in [0.1, 0.15) is 5.82 Å². The molecule has 0 aromatic heterocycles. The van der Waals surface area contributed by atoms with Gasteiger partial charge in [-0.25, -0.2) is 4.39 Å². The molecule has 0 bridgehead atoms. The maximum Gasteiger partial charge on any atom is 0.145 e. The maximum atomic E-state index is 14.3. The Hall–Kier alpha value is -0.600. The van der Waals surface area contributed by atoms with Gasteiger partial charge in [0.2, 0.25) is 0 Å². The number of hydrogen-bond donors (Lipinski definition) is 1. The van der Waals surface area contributed by atoms with Crippen molar-refractivity contribution in [2.45, 2.75) is 50.9 Å². The third kappa shape index (κ3) is 2.41. The molecule has 0 atom stereocenters. The number of halogens is 2. The zero-order valence-electron chi connectivity index (χ0n) is 10.9. The SMILES string of the molecule is CCc1cc(Cl)c(F)c(C2(CN)CCCCC2)c1. The number of benzene rings is 1. The molecule has 100 valence electrons. The van der Waals surface area contributed by atoms with Gasteiger partial charge in [0.05, 0.1) is 5.02 Å². The van der Waals surface area contributed by atoms with Crippen molar-refractivity contribution in [1.29, 1.82) is 0 Å². The molecule has 1 aromatic rings. The monoisotopic (exact) mass is 269 g/mol. The van der Waals surface area contributed by atoms with Gasteiger partial charge >= 0.3 is 0 Å². The Balaban J connectivity index is 2.50. The lowest BCUT2D eigenvalue weighted by Gasteiger charge is -2.37. The molecule has 0 heterocycles. The van der Waals surface area contributed by atoms with Crippen molar-refractivity contribution in [2.75, 3.05) is 6.54 Å². The van der Waals surface area contributed by atoms with Crippen molar-refractivity contribution in [3.63, 3.8) is 0 Å². The molecule has 1 saturated carbocycles. The van der Waals surface area contributed by atoms with E-state index >= 15 is 0 Å². The van der Waals surface area contributed by atoms with Gasteiger partial charge in [-0.1, -0.05) is 43.9 Å². The molecule has 2 N–H and O–H groups in total. The van der Waals surface area contributed by atoms with Crippen LogP contribution in [0.2, 0.25) is 5.02 Å². The average molecular weight is 270 g/mol. The van der Waals surface area contributed by atoms with Crippen molar-refractivity contribution >= 4 is 11.6 Å². The van der Waals surface area contributed by atoms with Crippen LogP contribution in [0.1, 0.15) is 50.2 Å². The highest BCUT2D eigenvalue weighted by Gasteiger charge is 2.35. The Morgan fingerprint density at radius 2 is 1.94 bits per heavy atom. The minimum Gasteiger partial charge on any atom is -0.330 e. The molecule has 0 aliphatic heterocycles. The van der Waals surface area contributed by atoms with Gasteiger partial charge in [0.15, 0.2) is 0 Å². The number of rotatable bonds is 3. The summed E-state index contributed by atoms with van der Waals surface area (Å²) < 4.78 is 14.3. The topological polar surface area (TPSA) is 26.0 Å². The Morgan fingerprint density at radius 3 is 2.50 bits per heavy atom. The van der Waals surface area contributed by atoms with Crippen LogP contribution in [-0.4, -0.2) is 6.54 Å². The number of nitrogens with two attached hydrogens (primary N) is 1. The van der Waals surface area contributed by atoms with Gasteiger partial charge in [0, 0.05) is 12.0 Å². The Morgan fingerprint density at radius 1 is 1.28 bits per heavy atom. The second kappa shape index (κ2) is 5.58. The van der Waals surface area contributed by atoms with E-state index in [2.05, 4.69) is 6.92 Å². The Labute approximate surface area is 114 Å². The summed E-state index contributed by atoms with van der Waals surface area (Å²) in [6, 6.07) is 3.70. The molecule has 1 aromatic carbocycles. The zero-order valence-corrected chi connectivity index (χ0v) is 11.7. The normalized spacial score (nSPS) is 18.9. The predicted octanol–water partition coefficient (Wildman–Crippen LogP) is 4.20. The van der Waals surface area contributed by atoms with E-state index in [0.717, 1.165) is 43.2 Å². The summed E-state index contributed by atoms with van der Waals surface area (Å²) in [5, 5.41) is 0.239. The molecule has 0 amide bonds. The van der Waals surface area contributed by atoms with Gasteiger partial charge in [-0.15, -0.1) is 0 Å². The van der Waals surface area contributed by atoms with E-state index in [0.29, 0.717) is 6.54 Å². The van der Waals surface area contributed by atoms with E-state index in [9.17, 15) is 4.39 Å². The highest BCUT2D eigenvalue weighted by atomic mass is 35.5. The molecule has 1 fully saturated rings. The van der Waals surface area contributed by atoms with E-state index in [4.69, 9.17) is 17.3 Å². The van der Waals surface area contributed by atoms with Crippen molar-refractivity contribution < 1.29 is 4.39 Å². The van der Waals surface area contributed by atoms with Gasteiger partial charge in [0.25, 0.3) is 0 Å². The molecule has 1 aliphatic carbocycles. The second-order valence-electron chi connectivity index (χ2n) is 5.34. The molecule has 1 nitrogen and oxygen atoms in total. The summed E-state index contributed by atoms with van der Waals surface area (Å²) in [6.45, 7) is 2.57. The standard InChI is InChI=1S/C15H21ClFN/c1-2-11-8-12(14(17)13(16)9-11)15(10-18)6-4-3-5-7-15/h8-9H,2-7,10,18H2,1H3. The second-order valence-corrected chi connectivity index (χ2v) is 5.75. The summed E-state index contributed by atoms with van der Waals surface area (Å²) in [4.78, 5) is 0. The Bertz CT molecular complexity index is 425. The minimum atomic E-state index is -0.263. The minimum absolute atomic E-state index is 0.197. The largest absolute Gasteiger partial charge is 0.330 e.